The predicted molar refractivity (Wildman–Crippen MR) is 119 cm³/mol. The molecule has 0 amide bonds. The summed E-state index contributed by atoms with van der Waals surface area (Å²) in [5.41, 5.74) is 5.76. The Morgan fingerprint density at radius 2 is 2.00 bits per heavy atom. The van der Waals surface area contributed by atoms with E-state index in [9.17, 15) is 0 Å². The molecule has 7 heteroatoms. The average molecular weight is 415 g/mol. The summed E-state index contributed by atoms with van der Waals surface area (Å²) in [7, 11) is 2.07. The summed E-state index contributed by atoms with van der Waals surface area (Å²) in [5, 5.41) is 15.9. The number of pyridine rings is 1. The fourth-order valence-electron chi connectivity index (χ4n) is 4.07. The van der Waals surface area contributed by atoms with Gasteiger partial charge in [0.15, 0.2) is 5.82 Å². The van der Waals surface area contributed by atoms with Crippen LogP contribution < -0.4 is 0 Å². The first-order valence-electron chi connectivity index (χ1n) is 10.4. The molecule has 0 aliphatic heterocycles. The summed E-state index contributed by atoms with van der Waals surface area (Å²) in [6.45, 7) is 2.12. The van der Waals surface area contributed by atoms with Crippen LogP contribution in [0.3, 0.4) is 0 Å². The van der Waals surface area contributed by atoms with Gasteiger partial charge in [-0.15, -0.1) is 10.2 Å². The molecular formula is C23H22N6S. The summed E-state index contributed by atoms with van der Waals surface area (Å²) >= 11 is 1.68. The van der Waals surface area contributed by atoms with Gasteiger partial charge < -0.3 is 4.57 Å². The third kappa shape index (κ3) is 2.92. The lowest BCUT2D eigenvalue weighted by Gasteiger charge is -2.21. The summed E-state index contributed by atoms with van der Waals surface area (Å²) in [5.74, 6) is 1.52. The van der Waals surface area contributed by atoms with Crippen molar-refractivity contribution in [3.63, 3.8) is 0 Å². The Hall–Kier alpha value is -3.06. The van der Waals surface area contributed by atoms with Gasteiger partial charge in [0, 0.05) is 54.0 Å². The molecule has 0 bridgehead atoms. The number of rotatable bonds is 4. The second-order valence-corrected chi connectivity index (χ2v) is 9.28. The molecule has 0 atom stereocenters. The first-order valence-corrected chi connectivity index (χ1v) is 11.2. The quantitative estimate of drug-likeness (QED) is 0.419. The molecule has 0 spiro atoms. The van der Waals surface area contributed by atoms with Gasteiger partial charge >= 0.3 is 0 Å². The molecule has 1 saturated carbocycles. The first-order chi connectivity index (χ1) is 14.6. The molecule has 30 heavy (non-hydrogen) atoms. The maximum atomic E-state index is 4.81. The van der Waals surface area contributed by atoms with Crippen LogP contribution in [-0.2, 0) is 13.5 Å². The van der Waals surface area contributed by atoms with Crippen molar-refractivity contribution in [2.24, 2.45) is 7.05 Å². The third-order valence-corrected chi connectivity index (χ3v) is 7.28. The maximum Gasteiger partial charge on any atom is 0.234 e. The van der Waals surface area contributed by atoms with Crippen molar-refractivity contribution in [2.75, 3.05) is 0 Å². The standard InChI is InChI=1S/C23H22N6S/c1-14-8-19(13-28(14)2)18-11-17-9-15(6-7-20(17)24-12-18)10-21-25-26-23-29(21)27-22(30-23)16-4-3-5-16/h6-9,11-13,16H,3-5,10H2,1-2H3. The Morgan fingerprint density at radius 1 is 1.10 bits per heavy atom. The second-order valence-electron chi connectivity index (χ2n) is 8.29. The highest BCUT2D eigenvalue weighted by Crippen LogP contribution is 2.38. The monoisotopic (exact) mass is 414 g/mol. The van der Waals surface area contributed by atoms with Crippen LogP contribution in [0.25, 0.3) is 27.0 Å². The molecule has 1 fully saturated rings. The average Bonchev–Trinajstić information content (AvgIpc) is 3.36. The van der Waals surface area contributed by atoms with Crippen LogP contribution in [0.1, 0.15) is 47.3 Å². The van der Waals surface area contributed by atoms with E-state index in [4.69, 9.17) is 5.10 Å². The molecule has 1 aliphatic carbocycles. The van der Waals surface area contributed by atoms with Crippen LogP contribution in [0.15, 0.2) is 42.7 Å². The minimum Gasteiger partial charge on any atom is -0.354 e. The zero-order chi connectivity index (χ0) is 20.2. The maximum absolute atomic E-state index is 4.81. The molecule has 1 aliphatic rings. The lowest BCUT2D eigenvalue weighted by Crippen LogP contribution is -2.09. The van der Waals surface area contributed by atoms with E-state index < -0.39 is 0 Å². The number of aryl methyl sites for hydroxylation is 2. The number of benzene rings is 1. The van der Waals surface area contributed by atoms with E-state index in [1.165, 1.54) is 41.1 Å². The highest BCUT2D eigenvalue weighted by molar-refractivity contribution is 7.16. The van der Waals surface area contributed by atoms with Gasteiger partial charge in [0.1, 0.15) is 5.01 Å². The van der Waals surface area contributed by atoms with Crippen LogP contribution in [0.2, 0.25) is 0 Å². The van der Waals surface area contributed by atoms with Crippen LogP contribution in [0.5, 0.6) is 0 Å². The molecule has 6 nitrogen and oxygen atoms in total. The molecule has 0 N–H and O–H groups in total. The van der Waals surface area contributed by atoms with Crippen molar-refractivity contribution in [1.82, 2.24) is 29.4 Å². The van der Waals surface area contributed by atoms with Crippen LogP contribution in [0, 0.1) is 6.92 Å². The van der Waals surface area contributed by atoms with Crippen LogP contribution in [-0.4, -0.2) is 29.4 Å². The van der Waals surface area contributed by atoms with E-state index in [1.807, 2.05) is 10.7 Å². The van der Waals surface area contributed by atoms with E-state index in [0.717, 1.165) is 27.3 Å². The van der Waals surface area contributed by atoms with Crippen molar-refractivity contribution in [3.05, 3.63) is 64.8 Å². The Morgan fingerprint density at radius 3 is 2.77 bits per heavy atom. The number of fused-ring (bicyclic) bond motifs is 2. The van der Waals surface area contributed by atoms with Crippen LogP contribution in [0.4, 0.5) is 0 Å². The second kappa shape index (κ2) is 6.74. The van der Waals surface area contributed by atoms with Crippen molar-refractivity contribution >= 4 is 27.2 Å². The number of hydrogen-bond acceptors (Lipinski definition) is 5. The molecular weight excluding hydrogens is 392 g/mol. The lowest BCUT2D eigenvalue weighted by molar-refractivity contribution is 0.414. The van der Waals surface area contributed by atoms with Gasteiger partial charge in [0.2, 0.25) is 4.96 Å². The SMILES string of the molecule is Cc1cc(-c2cnc3ccc(Cc4nnc5sc(C6CCC6)nn45)cc3c2)cn1C. The summed E-state index contributed by atoms with van der Waals surface area (Å²) < 4.78 is 4.07. The zero-order valence-electron chi connectivity index (χ0n) is 17.0. The number of aromatic nitrogens is 6. The highest BCUT2D eigenvalue weighted by atomic mass is 32.1. The van der Waals surface area contributed by atoms with Crippen molar-refractivity contribution in [3.8, 4) is 11.1 Å². The molecule has 4 heterocycles. The van der Waals surface area contributed by atoms with Gasteiger partial charge in [-0.1, -0.05) is 23.8 Å². The van der Waals surface area contributed by atoms with Gasteiger partial charge in [-0.25, -0.2) is 0 Å². The Labute approximate surface area is 178 Å². The Kier molecular flexibility index (Phi) is 3.99. The summed E-state index contributed by atoms with van der Waals surface area (Å²) in [4.78, 5) is 5.57. The van der Waals surface area contributed by atoms with Crippen LogP contribution >= 0.6 is 11.3 Å². The van der Waals surface area contributed by atoms with Crippen molar-refractivity contribution in [2.45, 2.75) is 38.5 Å². The van der Waals surface area contributed by atoms with Gasteiger partial charge in [-0.2, -0.15) is 9.61 Å². The number of nitrogens with zero attached hydrogens (tertiary/aromatic N) is 6. The fraction of sp³-hybridized carbons (Fsp3) is 0.304. The molecule has 6 rings (SSSR count). The fourth-order valence-corrected chi connectivity index (χ4v) is 5.09. The van der Waals surface area contributed by atoms with Gasteiger partial charge in [0.25, 0.3) is 0 Å². The third-order valence-electron chi connectivity index (χ3n) is 6.22. The van der Waals surface area contributed by atoms with E-state index in [2.05, 4.69) is 70.2 Å². The number of hydrogen-bond donors (Lipinski definition) is 0. The van der Waals surface area contributed by atoms with Crippen molar-refractivity contribution < 1.29 is 0 Å². The molecule has 4 aromatic heterocycles. The minimum absolute atomic E-state index is 0.622. The van der Waals surface area contributed by atoms with Gasteiger partial charge in [-0.05, 0) is 49.6 Å². The normalized spacial score (nSPS) is 14.6. The molecule has 0 unspecified atom stereocenters. The molecule has 150 valence electrons. The highest BCUT2D eigenvalue weighted by Gasteiger charge is 2.24. The smallest absolute Gasteiger partial charge is 0.234 e. The van der Waals surface area contributed by atoms with E-state index in [-0.39, 0.29) is 0 Å². The molecule has 0 radical (unpaired) electrons. The molecule has 0 saturated heterocycles. The first kappa shape index (κ1) is 17.8. The lowest BCUT2D eigenvalue weighted by atomic mass is 9.86. The van der Waals surface area contributed by atoms with Gasteiger partial charge in [0.05, 0.1) is 5.52 Å². The summed E-state index contributed by atoms with van der Waals surface area (Å²) in [6.07, 6.45) is 8.63. The van der Waals surface area contributed by atoms with E-state index >= 15 is 0 Å². The largest absolute Gasteiger partial charge is 0.354 e. The summed E-state index contributed by atoms with van der Waals surface area (Å²) in [6, 6.07) is 10.8. The molecule has 5 aromatic rings. The Balaban J connectivity index is 1.34. The topological polar surface area (TPSA) is 60.9 Å². The molecule has 1 aromatic carbocycles. The predicted octanol–water partition coefficient (Wildman–Crippen LogP) is 4.91. The van der Waals surface area contributed by atoms with E-state index in [1.54, 1.807) is 11.3 Å². The van der Waals surface area contributed by atoms with Gasteiger partial charge in [-0.3, -0.25) is 4.98 Å². The zero-order valence-corrected chi connectivity index (χ0v) is 17.9. The van der Waals surface area contributed by atoms with E-state index in [0.29, 0.717) is 12.3 Å². The Bertz CT molecular complexity index is 1370. The van der Waals surface area contributed by atoms with Crippen molar-refractivity contribution in [1.29, 1.82) is 0 Å². The minimum atomic E-state index is 0.622.